The summed E-state index contributed by atoms with van der Waals surface area (Å²) in [5, 5.41) is 0. The molecule has 1 rings (SSSR count). The van der Waals surface area contributed by atoms with E-state index in [0.29, 0.717) is 12.6 Å². The molecule has 0 saturated heterocycles. The Kier molecular flexibility index (Phi) is 5.04. The normalized spacial score (nSPS) is 10.7. The molecule has 15 heavy (non-hydrogen) atoms. The lowest BCUT2D eigenvalue weighted by Crippen LogP contribution is -2.38. The first-order valence-corrected chi connectivity index (χ1v) is 5.56. The van der Waals surface area contributed by atoms with Gasteiger partial charge in [-0.1, -0.05) is 13.8 Å². The van der Waals surface area contributed by atoms with Gasteiger partial charge in [-0.3, -0.25) is 4.98 Å². The highest BCUT2D eigenvalue weighted by atomic mass is 15.2. The van der Waals surface area contributed by atoms with Crippen LogP contribution in [0.3, 0.4) is 0 Å². The SMILES string of the molecule is CCC(CC)N(CCN)c1cnccn1. The van der Waals surface area contributed by atoms with Gasteiger partial charge < -0.3 is 10.6 Å². The Morgan fingerprint density at radius 1 is 1.33 bits per heavy atom. The van der Waals surface area contributed by atoms with Crippen molar-refractivity contribution in [2.45, 2.75) is 32.7 Å². The molecule has 0 spiro atoms. The van der Waals surface area contributed by atoms with Crippen LogP contribution in [-0.2, 0) is 0 Å². The van der Waals surface area contributed by atoms with Crippen molar-refractivity contribution in [2.24, 2.45) is 5.73 Å². The van der Waals surface area contributed by atoms with E-state index in [1.807, 2.05) is 0 Å². The highest BCUT2D eigenvalue weighted by molar-refractivity contribution is 5.36. The second kappa shape index (κ2) is 6.35. The van der Waals surface area contributed by atoms with Crippen LogP contribution in [0.5, 0.6) is 0 Å². The quantitative estimate of drug-likeness (QED) is 0.768. The second-order valence-electron chi connectivity index (χ2n) is 3.52. The zero-order chi connectivity index (χ0) is 11.1. The Hall–Kier alpha value is -1.16. The Morgan fingerprint density at radius 2 is 2.07 bits per heavy atom. The Balaban J connectivity index is 2.81. The molecule has 4 nitrogen and oxygen atoms in total. The first-order chi connectivity index (χ1) is 7.33. The summed E-state index contributed by atoms with van der Waals surface area (Å²) in [6.45, 7) is 5.86. The number of hydrogen-bond donors (Lipinski definition) is 1. The molecule has 0 fully saturated rings. The molecule has 0 radical (unpaired) electrons. The van der Waals surface area contributed by atoms with Gasteiger partial charge >= 0.3 is 0 Å². The van der Waals surface area contributed by atoms with E-state index in [4.69, 9.17) is 5.73 Å². The minimum atomic E-state index is 0.505. The molecule has 0 aromatic carbocycles. The van der Waals surface area contributed by atoms with E-state index in [2.05, 4.69) is 28.7 Å². The molecule has 0 atom stereocenters. The van der Waals surface area contributed by atoms with E-state index in [-0.39, 0.29) is 0 Å². The van der Waals surface area contributed by atoms with Crippen LogP contribution in [0.4, 0.5) is 5.82 Å². The molecule has 4 heteroatoms. The third-order valence-electron chi connectivity index (χ3n) is 2.60. The lowest BCUT2D eigenvalue weighted by atomic mass is 10.1. The molecule has 0 unspecified atom stereocenters. The van der Waals surface area contributed by atoms with Gasteiger partial charge in [-0.05, 0) is 12.8 Å². The molecular formula is C11H20N4. The minimum Gasteiger partial charge on any atom is -0.351 e. The molecule has 1 aromatic heterocycles. The second-order valence-corrected chi connectivity index (χ2v) is 3.52. The van der Waals surface area contributed by atoms with Gasteiger partial charge in [0.1, 0.15) is 5.82 Å². The number of anilines is 1. The topological polar surface area (TPSA) is 55.0 Å². The monoisotopic (exact) mass is 208 g/mol. The average Bonchev–Trinajstić information content (AvgIpc) is 2.30. The van der Waals surface area contributed by atoms with Crippen LogP contribution >= 0.6 is 0 Å². The third kappa shape index (κ3) is 3.16. The predicted octanol–water partition coefficient (Wildman–Crippen LogP) is 1.43. The van der Waals surface area contributed by atoms with Gasteiger partial charge in [0.15, 0.2) is 0 Å². The summed E-state index contributed by atoms with van der Waals surface area (Å²) in [5.74, 6) is 0.927. The van der Waals surface area contributed by atoms with Crippen molar-refractivity contribution in [3.8, 4) is 0 Å². The van der Waals surface area contributed by atoms with Crippen LogP contribution in [-0.4, -0.2) is 29.1 Å². The summed E-state index contributed by atoms with van der Waals surface area (Å²) in [7, 11) is 0. The molecule has 0 bridgehead atoms. The van der Waals surface area contributed by atoms with Crippen molar-refractivity contribution < 1.29 is 0 Å². The minimum absolute atomic E-state index is 0.505. The van der Waals surface area contributed by atoms with E-state index in [0.717, 1.165) is 25.2 Å². The van der Waals surface area contributed by atoms with E-state index >= 15 is 0 Å². The summed E-state index contributed by atoms with van der Waals surface area (Å²) >= 11 is 0. The standard InChI is InChI=1S/C11H20N4/c1-3-10(4-2)15(8-5-12)11-9-13-6-7-14-11/h6-7,9-10H,3-5,8,12H2,1-2H3. The van der Waals surface area contributed by atoms with E-state index in [1.165, 1.54) is 0 Å². The van der Waals surface area contributed by atoms with Crippen LogP contribution in [0.25, 0.3) is 0 Å². The largest absolute Gasteiger partial charge is 0.351 e. The number of aromatic nitrogens is 2. The fourth-order valence-electron chi connectivity index (χ4n) is 1.79. The Labute approximate surface area is 91.5 Å². The van der Waals surface area contributed by atoms with Gasteiger partial charge in [-0.2, -0.15) is 0 Å². The molecule has 84 valence electrons. The Bertz CT molecular complexity index is 259. The van der Waals surface area contributed by atoms with Crippen molar-refractivity contribution in [3.05, 3.63) is 18.6 Å². The van der Waals surface area contributed by atoms with Crippen LogP contribution in [0.2, 0.25) is 0 Å². The lowest BCUT2D eigenvalue weighted by molar-refractivity contribution is 0.553. The molecular weight excluding hydrogens is 188 g/mol. The van der Waals surface area contributed by atoms with Crippen molar-refractivity contribution >= 4 is 5.82 Å². The van der Waals surface area contributed by atoms with Crippen LogP contribution in [0, 0.1) is 0 Å². The molecule has 0 saturated carbocycles. The zero-order valence-corrected chi connectivity index (χ0v) is 9.56. The molecule has 0 aliphatic carbocycles. The average molecular weight is 208 g/mol. The third-order valence-corrected chi connectivity index (χ3v) is 2.60. The summed E-state index contributed by atoms with van der Waals surface area (Å²) in [4.78, 5) is 10.7. The number of rotatable bonds is 6. The highest BCUT2D eigenvalue weighted by Gasteiger charge is 2.15. The van der Waals surface area contributed by atoms with Crippen molar-refractivity contribution in [2.75, 3.05) is 18.0 Å². The van der Waals surface area contributed by atoms with E-state index in [9.17, 15) is 0 Å². The highest BCUT2D eigenvalue weighted by Crippen LogP contribution is 2.15. The summed E-state index contributed by atoms with van der Waals surface area (Å²) in [6, 6.07) is 0.505. The fourth-order valence-corrected chi connectivity index (χ4v) is 1.79. The van der Waals surface area contributed by atoms with Gasteiger partial charge in [-0.25, -0.2) is 4.98 Å². The molecule has 1 aromatic rings. The van der Waals surface area contributed by atoms with Crippen molar-refractivity contribution in [1.82, 2.24) is 9.97 Å². The van der Waals surface area contributed by atoms with Gasteiger partial charge in [0, 0.05) is 31.5 Å². The maximum absolute atomic E-state index is 5.62. The van der Waals surface area contributed by atoms with Crippen LogP contribution in [0.1, 0.15) is 26.7 Å². The van der Waals surface area contributed by atoms with Gasteiger partial charge in [-0.15, -0.1) is 0 Å². The van der Waals surface area contributed by atoms with Crippen LogP contribution < -0.4 is 10.6 Å². The maximum Gasteiger partial charge on any atom is 0.147 e. The molecule has 2 N–H and O–H groups in total. The fraction of sp³-hybridized carbons (Fsp3) is 0.636. The smallest absolute Gasteiger partial charge is 0.147 e. The van der Waals surface area contributed by atoms with Gasteiger partial charge in [0.05, 0.1) is 6.20 Å². The van der Waals surface area contributed by atoms with Crippen molar-refractivity contribution in [1.29, 1.82) is 0 Å². The predicted molar refractivity (Wildman–Crippen MR) is 62.8 cm³/mol. The first-order valence-electron chi connectivity index (χ1n) is 5.56. The number of nitrogens with two attached hydrogens (primary N) is 1. The maximum atomic E-state index is 5.62. The van der Waals surface area contributed by atoms with Gasteiger partial charge in [0.25, 0.3) is 0 Å². The Morgan fingerprint density at radius 3 is 2.53 bits per heavy atom. The summed E-state index contributed by atoms with van der Waals surface area (Å²) in [5.41, 5.74) is 5.62. The lowest BCUT2D eigenvalue weighted by Gasteiger charge is -2.30. The van der Waals surface area contributed by atoms with E-state index < -0.39 is 0 Å². The first kappa shape index (κ1) is 11.9. The zero-order valence-electron chi connectivity index (χ0n) is 9.56. The van der Waals surface area contributed by atoms with Crippen molar-refractivity contribution in [3.63, 3.8) is 0 Å². The molecule has 0 amide bonds. The summed E-state index contributed by atoms with van der Waals surface area (Å²) in [6.07, 6.45) is 7.42. The number of hydrogen-bond acceptors (Lipinski definition) is 4. The molecule has 0 aliphatic heterocycles. The molecule has 0 aliphatic rings. The van der Waals surface area contributed by atoms with E-state index in [1.54, 1.807) is 18.6 Å². The van der Waals surface area contributed by atoms with Gasteiger partial charge in [0.2, 0.25) is 0 Å². The molecule has 1 heterocycles. The van der Waals surface area contributed by atoms with Crippen LogP contribution in [0.15, 0.2) is 18.6 Å². The summed E-state index contributed by atoms with van der Waals surface area (Å²) < 4.78 is 0. The number of nitrogens with zero attached hydrogens (tertiary/aromatic N) is 3.